The minimum absolute atomic E-state index is 0.116. The van der Waals surface area contributed by atoms with Crippen LogP contribution in [0.25, 0.3) is 6.08 Å². The van der Waals surface area contributed by atoms with E-state index in [2.05, 4.69) is 16.0 Å². The van der Waals surface area contributed by atoms with Gasteiger partial charge in [0.2, 0.25) is 5.91 Å². The number of aryl methyl sites for hydroxylation is 1. The summed E-state index contributed by atoms with van der Waals surface area (Å²) in [6, 6.07) is 21.6. The van der Waals surface area contributed by atoms with Gasteiger partial charge in [0.25, 0.3) is 5.91 Å². The number of nitrogens with one attached hydrogen (secondary N) is 3. The lowest BCUT2D eigenvalue weighted by Gasteiger charge is -2.10. The van der Waals surface area contributed by atoms with E-state index in [0.717, 1.165) is 16.8 Å². The second-order valence-electron chi connectivity index (χ2n) is 6.70. The van der Waals surface area contributed by atoms with Gasteiger partial charge in [-0.15, -0.1) is 0 Å². The van der Waals surface area contributed by atoms with Gasteiger partial charge in [0.05, 0.1) is 0 Å². The average Bonchev–Trinajstić information content (AvgIpc) is 2.73. The number of halogens is 1. The summed E-state index contributed by atoms with van der Waals surface area (Å²) in [5.74, 6) is -0.641. The SMILES string of the molecule is Cc1cccc(NC(=O)c2cccc(NC(=S)NC(=O)/C=C/c3ccccc3Cl)c2)c1. The maximum atomic E-state index is 12.5. The van der Waals surface area contributed by atoms with E-state index in [0.29, 0.717) is 16.3 Å². The Balaban J connectivity index is 1.58. The van der Waals surface area contributed by atoms with Crippen LogP contribution in [-0.2, 0) is 4.79 Å². The number of amides is 2. The molecule has 0 fully saturated rings. The predicted octanol–water partition coefficient (Wildman–Crippen LogP) is 5.43. The molecule has 0 aliphatic carbocycles. The van der Waals surface area contributed by atoms with Crippen molar-refractivity contribution in [3.05, 3.63) is 101 Å². The molecule has 5 nitrogen and oxygen atoms in total. The van der Waals surface area contributed by atoms with E-state index in [1.54, 1.807) is 42.5 Å². The molecule has 31 heavy (non-hydrogen) atoms. The third kappa shape index (κ3) is 6.77. The van der Waals surface area contributed by atoms with Gasteiger partial charge < -0.3 is 10.6 Å². The number of benzene rings is 3. The maximum absolute atomic E-state index is 12.5. The molecular weight excluding hydrogens is 430 g/mol. The lowest BCUT2D eigenvalue weighted by atomic mass is 10.1. The van der Waals surface area contributed by atoms with Crippen LogP contribution in [0.2, 0.25) is 5.02 Å². The molecule has 0 aliphatic rings. The Morgan fingerprint density at radius 2 is 1.61 bits per heavy atom. The van der Waals surface area contributed by atoms with E-state index in [-0.39, 0.29) is 11.0 Å². The van der Waals surface area contributed by atoms with E-state index in [9.17, 15) is 9.59 Å². The lowest BCUT2D eigenvalue weighted by Crippen LogP contribution is -2.32. The largest absolute Gasteiger partial charge is 0.332 e. The van der Waals surface area contributed by atoms with Crippen LogP contribution in [0.1, 0.15) is 21.5 Å². The number of anilines is 2. The topological polar surface area (TPSA) is 70.2 Å². The van der Waals surface area contributed by atoms with Crippen molar-refractivity contribution < 1.29 is 9.59 Å². The summed E-state index contributed by atoms with van der Waals surface area (Å²) in [7, 11) is 0. The number of rotatable bonds is 5. The van der Waals surface area contributed by atoms with Crippen molar-refractivity contribution in [3.63, 3.8) is 0 Å². The molecule has 0 aliphatic heterocycles. The molecule has 0 heterocycles. The molecule has 2 amide bonds. The highest BCUT2D eigenvalue weighted by Crippen LogP contribution is 2.16. The summed E-state index contributed by atoms with van der Waals surface area (Å²) in [6.07, 6.45) is 2.96. The van der Waals surface area contributed by atoms with Gasteiger partial charge in [-0.25, -0.2) is 0 Å². The predicted molar refractivity (Wildman–Crippen MR) is 130 cm³/mol. The van der Waals surface area contributed by atoms with Crippen LogP contribution in [0.3, 0.4) is 0 Å². The minimum Gasteiger partial charge on any atom is -0.332 e. The first-order chi connectivity index (χ1) is 14.9. The van der Waals surface area contributed by atoms with Crippen molar-refractivity contribution in [2.75, 3.05) is 10.6 Å². The van der Waals surface area contributed by atoms with Gasteiger partial charge in [-0.05, 0) is 72.7 Å². The molecule has 0 spiro atoms. The highest BCUT2D eigenvalue weighted by Gasteiger charge is 2.08. The second kappa shape index (κ2) is 10.5. The molecule has 7 heteroatoms. The van der Waals surface area contributed by atoms with Crippen LogP contribution in [0, 0.1) is 6.92 Å². The summed E-state index contributed by atoms with van der Waals surface area (Å²) in [4.78, 5) is 24.6. The fraction of sp³-hybridized carbons (Fsp3) is 0.0417. The number of carbonyl (C=O) groups is 2. The van der Waals surface area contributed by atoms with Crippen LogP contribution in [0.5, 0.6) is 0 Å². The molecule has 3 rings (SSSR count). The van der Waals surface area contributed by atoms with Gasteiger partial charge >= 0.3 is 0 Å². The molecule has 0 saturated heterocycles. The first-order valence-corrected chi connectivity index (χ1v) is 10.2. The fourth-order valence-electron chi connectivity index (χ4n) is 2.76. The smallest absolute Gasteiger partial charge is 0.255 e. The molecule has 0 saturated carbocycles. The van der Waals surface area contributed by atoms with Gasteiger partial charge in [-0.1, -0.05) is 48.0 Å². The highest BCUT2D eigenvalue weighted by molar-refractivity contribution is 7.80. The summed E-state index contributed by atoms with van der Waals surface area (Å²) >= 11 is 11.3. The standard InChI is InChI=1S/C24H20ClN3O2S/c1-16-6-4-9-19(14-16)26-23(30)18-8-5-10-20(15-18)27-24(31)28-22(29)13-12-17-7-2-3-11-21(17)25/h2-15H,1H3,(H,26,30)(H2,27,28,29,31)/b13-12+. The molecule has 3 aromatic rings. The Morgan fingerprint density at radius 1 is 0.903 bits per heavy atom. The van der Waals surface area contributed by atoms with E-state index in [1.165, 1.54) is 6.08 Å². The Kier molecular flexibility index (Phi) is 7.54. The number of thiocarbonyl (C=S) groups is 1. The molecule has 156 valence electrons. The Morgan fingerprint density at radius 3 is 2.35 bits per heavy atom. The zero-order valence-electron chi connectivity index (χ0n) is 16.7. The van der Waals surface area contributed by atoms with Crippen molar-refractivity contribution in [3.8, 4) is 0 Å². The summed E-state index contributed by atoms with van der Waals surface area (Å²) in [5, 5.41) is 9.00. The summed E-state index contributed by atoms with van der Waals surface area (Å²) in [6.45, 7) is 1.96. The second-order valence-corrected chi connectivity index (χ2v) is 7.52. The van der Waals surface area contributed by atoms with Crippen molar-refractivity contribution in [1.82, 2.24) is 5.32 Å². The zero-order valence-corrected chi connectivity index (χ0v) is 18.3. The third-order valence-electron chi connectivity index (χ3n) is 4.21. The normalized spacial score (nSPS) is 10.5. The molecule has 0 atom stereocenters. The van der Waals surface area contributed by atoms with Crippen molar-refractivity contribution in [2.24, 2.45) is 0 Å². The van der Waals surface area contributed by atoms with Gasteiger partial charge in [0.1, 0.15) is 0 Å². The van der Waals surface area contributed by atoms with Crippen LogP contribution >= 0.6 is 23.8 Å². The van der Waals surface area contributed by atoms with Crippen molar-refractivity contribution in [1.29, 1.82) is 0 Å². The lowest BCUT2D eigenvalue weighted by molar-refractivity contribution is -0.115. The monoisotopic (exact) mass is 449 g/mol. The average molecular weight is 450 g/mol. The van der Waals surface area contributed by atoms with E-state index in [4.69, 9.17) is 23.8 Å². The van der Waals surface area contributed by atoms with Gasteiger partial charge in [0, 0.05) is 28.0 Å². The Labute approximate surface area is 191 Å². The molecule has 3 N–H and O–H groups in total. The number of hydrogen-bond acceptors (Lipinski definition) is 3. The molecule has 3 aromatic carbocycles. The number of carbonyl (C=O) groups excluding carboxylic acids is 2. The first-order valence-electron chi connectivity index (χ1n) is 9.43. The molecule has 0 aromatic heterocycles. The third-order valence-corrected chi connectivity index (χ3v) is 4.76. The van der Waals surface area contributed by atoms with E-state index >= 15 is 0 Å². The highest BCUT2D eigenvalue weighted by atomic mass is 35.5. The van der Waals surface area contributed by atoms with Crippen LogP contribution < -0.4 is 16.0 Å². The first kappa shape index (κ1) is 22.2. The minimum atomic E-state index is -0.397. The maximum Gasteiger partial charge on any atom is 0.255 e. The van der Waals surface area contributed by atoms with Gasteiger partial charge in [0.15, 0.2) is 5.11 Å². The summed E-state index contributed by atoms with van der Waals surface area (Å²) in [5.41, 5.74) is 3.54. The van der Waals surface area contributed by atoms with Crippen LogP contribution in [-0.4, -0.2) is 16.9 Å². The molecule has 0 unspecified atom stereocenters. The van der Waals surface area contributed by atoms with E-state index in [1.807, 2.05) is 43.3 Å². The molecule has 0 bridgehead atoms. The molecule has 0 radical (unpaired) electrons. The van der Waals surface area contributed by atoms with Gasteiger partial charge in [-0.2, -0.15) is 0 Å². The van der Waals surface area contributed by atoms with Gasteiger partial charge in [-0.3, -0.25) is 14.9 Å². The van der Waals surface area contributed by atoms with E-state index < -0.39 is 5.91 Å². The van der Waals surface area contributed by atoms with Crippen molar-refractivity contribution in [2.45, 2.75) is 6.92 Å². The van der Waals surface area contributed by atoms with Crippen LogP contribution in [0.4, 0.5) is 11.4 Å². The fourth-order valence-corrected chi connectivity index (χ4v) is 3.17. The quantitative estimate of drug-likeness (QED) is 0.359. The molecular formula is C24H20ClN3O2S. The van der Waals surface area contributed by atoms with Crippen molar-refractivity contribution >= 4 is 58.2 Å². The Hall–Kier alpha value is -3.48. The Bertz CT molecular complexity index is 1160. The number of hydrogen-bond donors (Lipinski definition) is 3. The van der Waals surface area contributed by atoms with Crippen LogP contribution in [0.15, 0.2) is 78.9 Å². The summed E-state index contributed by atoms with van der Waals surface area (Å²) < 4.78 is 0. The zero-order chi connectivity index (χ0) is 22.2.